The first-order chi connectivity index (χ1) is 7.10. The summed E-state index contributed by atoms with van der Waals surface area (Å²) in [7, 11) is -3.30. The van der Waals surface area contributed by atoms with Gasteiger partial charge in [-0.15, -0.1) is 0 Å². The van der Waals surface area contributed by atoms with Crippen LogP contribution in [0.2, 0.25) is 0 Å². The van der Waals surface area contributed by atoms with Gasteiger partial charge in [0.05, 0.1) is 11.9 Å². The van der Waals surface area contributed by atoms with E-state index in [1.165, 1.54) is 0 Å². The fraction of sp³-hybridized carbons (Fsp3) is 1.00. The molecule has 1 fully saturated rings. The molecule has 2 N–H and O–H groups in total. The Hall–Kier alpha value is -0.170. The van der Waals surface area contributed by atoms with Crippen LogP contribution in [0.1, 0.15) is 26.2 Å². The molecule has 0 aromatic rings. The summed E-state index contributed by atoms with van der Waals surface area (Å²) in [5.74, 6) is 0. The lowest BCUT2D eigenvalue weighted by Gasteiger charge is -2.24. The van der Waals surface area contributed by atoms with E-state index in [1.807, 2.05) is 6.92 Å². The smallest absolute Gasteiger partial charge is 0.214 e. The minimum atomic E-state index is -3.30. The Morgan fingerprint density at radius 2 is 2.07 bits per heavy atom. The zero-order chi connectivity index (χ0) is 11.3. The second-order valence-electron chi connectivity index (χ2n) is 3.76. The van der Waals surface area contributed by atoms with E-state index in [2.05, 4.69) is 4.72 Å². The van der Waals surface area contributed by atoms with Gasteiger partial charge in [-0.05, 0) is 19.3 Å². The minimum absolute atomic E-state index is 0.154. The van der Waals surface area contributed by atoms with Crippen molar-refractivity contribution in [2.75, 3.05) is 19.8 Å². The molecular weight excluding hydrogens is 218 g/mol. The van der Waals surface area contributed by atoms with Gasteiger partial charge < -0.3 is 9.84 Å². The summed E-state index contributed by atoms with van der Waals surface area (Å²) in [6, 6.07) is -0.363. The highest BCUT2D eigenvalue weighted by molar-refractivity contribution is 7.90. The quantitative estimate of drug-likeness (QED) is 0.697. The average molecular weight is 237 g/mol. The van der Waals surface area contributed by atoms with Crippen molar-refractivity contribution in [3.05, 3.63) is 0 Å². The average Bonchev–Trinajstić information content (AvgIpc) is 2.27. The van der Waals surface area contributed by atoms with Crippen molar-refractivity contribution in [2.24, 2.45) is 0 Å². The molecule has 5 nitrogen and oxygen atoms in total. The van der Waals surface area contributed by atoms with Crippen LogP contribution in [0, 0.1) is 0 Å². The standard InChI is InChI=1S/C9H19NO4S/c1-2-8(7-11)10-15(12,13)9-3-5-14-6-4-9/h8-11H,2-7H2,1H3/t8-/m1/s1. The Bertz CT molecular complexity index is 268. The number of nitrogens with one attached hydrogen (secondary N) is 1. The van der Waals surface area contributed by atoms with Crippen LogP contribution in [-0.4, -0.2) is 44.6 Å². The van der Waals surface area contributed by atoms with Crippen LogP contribution in [0.15, 0.2) is 0 Å². The molecule has 1 saturated heterocycles. The summed E-state index contributed by atoms with van der Waals surface area (Å²) < 4.78 is 31.3. The van der Waals surface area contributed by atoms with Crippen molar-refractivity contribution in [1.82, 2.24) is 4.72 Å². The molecule has 0 saturated carbocycles. The number of hydrogen-bond donors (Lipinski definition) is 2. The van der Waals surface area contributed by atoms with Crippen molar-refractivity contribution in [1.29, 1.82) is 0 Å². The molecule has 1 heterocycles. The third kappa shape index (κ3) is 3.71. The Morgan fingerprint density at radius 1 is 1.47 bits per heavy atom. The van der Waals surface area contributed by atoms with Crippen LogP contribution in [-0.2, 0) is 14.8 Å². The molecule has 6 heteroatoms. The van der Waals surface area contributed by atoms with Gasteiger partial charge in [-0.25, -0.2) is 13.1 Å². The topological polar surface area (TPSA) is 75.6 Å². The number of aliphatic hydroxyl groups is 1. The normalized spacial score (nSPS) is 21.5. The predicted molar refractivity (Wildman–Crippen MR) is 57.1 cm³/mol. The van der Waals surface area contributed by atoms with E-state index in [4.69, 9.17) is 9.84 Å². The molecule has 0 aromatic heterocycles. The second kappa shape index (κ2) is 5.79. The Balaban J connectivity index is 2.56. The molecule has 15 heavy (non-hydrogen) atoms. The number of aliphatic hydroxyl groups excluding tert-OH is 1. The molecule has 0 amide bonds. The molecule has 90 valence electrons. The summed E-state index contributed by atoms with van der Waals surface area (Å²) in [6.07, 6.45) is 1.67. The molecule has 0 unspecified atom stereocenters. The van der Waals surface area contributed by atoms with E-state index < -0.39 is 10.0 Å². The van der Waals surface area contributed by atoms with Crippen LogP contribution in [0.25, 0.3) is 0 Å². The molecule has 0 spiro atoms. The third-order valence-electron chi connectivity index (χ3n) is 2.65. The molecule has 0 aromatic carbocycles. The maximum Gasteiger partial charge on any atom is 0.214 e. The van der Waals surface area contributed by atoms with Crippen LogP contribution in [0.4, 0.5) is 0 Å². The van der Waals surface area contributed by atoms with Crippen molar-refractivity contribution in [3.8, 4) is 0 Å². The summed E-state index contributed by atoms with van der Waals surface area (Å²) in [6.45, 7) is 2.69. The highest BCUT2D eigenvalue weighted by Gasteiger charge is 2.29. The summed E-state index contributed by atoms with van der Waals surface area (Å²) in [4.78, 5) is 0. The van der Waals surface area contributed by atoms with Crippen LogP contribution in [0.3, 0.4) is 0 Å². The molecule has 1 rings (SSSR count). The molecule has 1 aliphatic rings. The Kier molecular flexibility index (Phi) is 4.98. The SMILES string of the molecule is CC[C@H](CO)NS(=O)(=O)C1CCOCC1. The zero-order valence-corrected chi connectivity index (χ0v) is 9.79. The second-order valence-corrected chi connectivity index (χ2v) is 5.75. The van der Waals surface area contributed by atoms with Gasteiger partial charge in [0.1, 0.15) is 0 Å². The van der Waals surface area contributed by atoms with E-state index in [0.717, 1.165) is 0 Å². The van der Waals surface area contributed by atoms with Crippen LogP contribution in [0.5, 0.6) is 0 Å². The summed E-state index contributed by atoms with van der Waals surface area (Å²) in [5.41, 5.74) is 0. The van der Waals surface area contributed by atoms with Gasteiger partial charge in [0.2, 0.25) is 10.0 Å². The summed E-state index contributed by atoms with van der Waals surface area (Å²) >= 11 is 0. The predicted octanol–water partition coefficient (Wildman–Crippen LogP) is -0.144. The van der Waals surface area contributed by atoms with Crippen molar-refractivity contribution >= 4 is 10.0 Å². The highest BCUT2D eigenvalue weighted by Crippen LogP contribution is 2.15. The van der Waals surface area contributed by atoms with Gasteiger partial charge >= 0.3 is 0 Å². The minimum Gasteiger partial charge on any atom is -0.395 e. The van der Waals surface area contributed by atoms with E-state index in [9.17, 15) is 8.42 Å². The zero-order valence-electron chi connectivity index (χ0n) is 8.98. The lowest BCUT2D eigenvalue weighted by Crippen LogP contribution is -2.44. The Labute approximate surface area is 90.9 Å². The molecular formula is C9H19NO4S. The van der Waals surface area contributed by atoms with Gasteiger partial charge in [0.25, 0.3) is 0 Å². The third-order valence-corrected chi connectivity index (χ3v) is 4.66. The fourth-order valence-electron chi connectivity index (χ4n) is 1.56. The van der Waals surface area contributed by atoms with E-state index in [0.29, 0.717) is 32.5 Å². The van der Waals surface area contributed by atoms with Crippen molar-refractivity contribution in [3.63, 3.8) is 0 Å². The largest absolute Gasteiger partial charge is 0.395 e. The summed E-state index contributed by atoms with van der Waals surface area (Å²) in [5, 5.41) is 8.57. The van der Waals surface area contributed by atoms with Gasteiger partial charge in [0.15, 0.2) is 0 Å². The molecule has 0 aliphatic carbocycles. The van der Waals surface area contributed by atoms with E-state index >= 15 is 0 Å². The fourth-order valence-corrected chi connectivity index (χ4v) is 3.28. The van der Waals surface area contributed by atoms with Crippen molar-refractivity contribution in [2.45, 2.75) is 37.5 Å². The van der Waals surface area contributed by atoms with Gasteiger partial charge in [-0.3, -0.25) is 0 Å². The lowest BCUT2D eigenvalue weighted by molar-refractivity contribution is 0.0980. The highest BCUT2D eigenvalue weighted by atomic mass is 32.2. The monoisotopic (exact) mass is 237 g/mol. The number of sulfonamides is 1. The lowest BCUT2D eigenvalue weighted by atomic mass is 10.2. The van der Waals surface area contributed by atoms with Gasteiger partial charge in [0, 0.05) is 19.3 Å². The molecule has 1 aliphatic heterocycles. The van der Waals surface area contributed by atoms with Gasteiger partial charge in [-0.1, -0.05) is 6.92 Å². The molecule has 1 atom stereocenters. The Morgan fingerprint density at radius 3 is 2.53 bits per heavy atom. The van der Waals surface area contributed by atoms with Gasteiger partial charge in [-0.2, -0.15) is 0 Å². The van der Waals surface area contributed by atoms with Crippen LogP contribution < -0.4 is 4.72 Å². The first-order valence-corrected chi connectivity index (χ1v) is 6.84. The number of rotatable bonds is 5. The van der Waals surface area contributed by atoms with Crippen LogP contribution >= 0.6 is 0 Å². The van der Waals surface area contributed by atoms with E-state index in [1.54, 1.807) is 0 Å². The molecule has 0 radical (unpaired) electrons. The number of ether oxygens (including phenoxy) is 1. The van der Waals surface area contributed by atoms with Crippen molar-refractivity contribution < 1.29 is 18.3 Å². The molecule has 0 bridgehead atoms. The first kappa shape index (κ1) is 12.9. The number of hydrogen-bond acceptors (Lipinski definition) is 4. The maximum absolute atomic E-state index is 11.8. The first-order valence-electron chi connectivity index (χ1n) is 5.30. The maximum atomic E-state index is 11.8. The van der Waals surface area contributed by atoms with E-state index in [-0.39, 0.29) is 17.9 Å².